The van der Waals surface area contributed by atoms with Crippen molar-refractivity contribution in [1.29, 1.82) is 0 Å². The van der Waals surface area contributed by atoms with Crippen LogP contribution in [0.3, 0.4) is 0 Å². The minimum Gasteiger partial charge on any atom is -0.298 e. The Morgan fingerprint density at radius 3 is 2.29 bits per heavy atom. The van der Waals surface area contributed by atoms with E-state index in [4.69, 9.17) is 0 Å². The molecule has 0 N–H and O–H groups in total. The second-order valence-corrected chi connectivity index (χ2v) is 4.93. The molecule has 14 heavy (non-hydrogen) atoms. The lowest BCUT2D eigenvalue weighted by Gasteiger charge is -2.44. The highest BCUT2D eigenvalue weighted by Gasteiger charge is 2.27. The summed E-state index contributed by atoms with van der Waals surface area (Å²) >= 11 is 0. The van der Waals surface area contributed by atoms with Gasteiger partial charge in [0.1, 0.15) is 0 Å². The fraction of sp³-hybridized carbons (Fsp3) is 1.00. The quantitative estimate of drug-likeness (QED) is 0.686. The van der Waals surface area contributed by atoms with Crippen molar-refractivity contribution < 1.29 is 0 Å². The first-order valence-electron chi connectivity index (χ1n) is 6.06. The summed E-state index contributed by atoms with van der Waals surface area (Å²) in [4.78, 5) is 5.24. The zero-order valence-corrected chi connectivity index (χ0v) is 10.5. The third kappa shape index (κ3) is 2.71. The van der Waals surface area contributed by atoms with E-state index >= 15 is 0 Å². The van der Waals surface area contributed by atoms with Gasteiger partial charge < -0.3 is 0 Å². The maximum atomic E-state index is 2.65. The lowest BCUT2D eigenvalue weighted by atomic mass is 10.1. The Hall–Kier alpha value is -0.0800. The fourth-order valence-corrected chi connectivity index (χ4v) is 2.36. The number of rotatable bonds is 3. The van der Waals surface area contributed by atoms with Gasteiger partial charge in [-0.05, 0) is 34.1 Å². The minimum atomic E-state index is 0.705. The molecule has 1 fully saturated rings. The first-order chi connectivity index (χ1) is 6.56. The Balaban J connectivity index is 2.47. The molecule has 0 bridgehead atoms. The highest BCUT2D eigenvalue weighted by atomic mass is 15.3. The van der Waals surface area contributed by atoms with Crippen LogP contribution in [0.2, 0.25) is 0 Å². The molecule has 2 atom stereocenters. The molecule has 0 amide bonds. The van der Waals surface area contributed by atoms with Gasteiger partial charge in [-0.2, -0.15) is 0 Å². The Morgan fingerprint density at radius 1 is 1.21 bits per heavy atom. The maximum Gasteiger partial charge on any atom is 0.0198 e. The summed E-state index contributed by atoms with van der Waals surface area (Å²) in [7, 11) is 0. The van der Waals surface area contributed by atoms with Gasteiger partial charge in [0.2, 0.25) is 0 Å². The van der Waals surface area contributed by atoms with Gasteiger partial charge in [-0.25, -0.2) is 0 Å². The van der Waals surface area contributed by atoms with Crippen LogP contribution in [-0.2, 0) is 0 Å². The van der Waals surface area contributed by atoms with Gasteiger partial charge >= 0.3 is 0 Å². The summed E-state index contributed by atoms with van der Waals surface area (Å²) in [6.07, 6.45) is 1.27. The molecule has 1 unspecified atom stereocenters. The maximum absolute atomic E-state index is 2.65. The van der Waals surface area contributed by atoms with E-state index < -0.39 is 0 Å². The smallest absolute Gasteiger partial charge is 0.0198 e. The van der Waals surface area contributed by atoms with E-state index in [0.717, 1.165) is 12.1 Å². The Bertz CT molecular complexity index is 168. The third-order valence-corrected chi connectivity index (χ3v) is 3.60. The largest absolute Gasteiger partial charge is 0.298 e. The van der Waals surface area contributed by atoms with Crippen LogP contribution in [0.15, 0.2) is 0 Å². The Labute approximate surface area is 89.3 Å². The van der Waals surface area contributed by atoms with Gasteiger partial charge in [-0.3, -0.25) is 9.80 Å². The Kier molecular flexibility index (Phi) is 4.39. The molecule has 2 heteroatoms. The molecule has 1 aliphatic heterocycles. The van der Waals surface area contributed by atoms with Crippen molar-refractivity contribution >= 4 is 0 Å². The van der Waals surface area contributed by atoms with Crippen molar-refractivity contribution in [2.45, 2.75) is 59.2 Å². The summed E-state index contributed by atoms with van der Waals surface area (Å²) in [5.41, 5.74) is 0. The minimum absolute atomic E-state index is 0.705. The standard InChI is InChI=1S/C12H26N2/c1-6-11(4)14-8-7-13(10(2)3)9-12(14)5/h10-12H,6-9H2,1-5H3/t11?,12-/m0/s1. The van der Waals surface area contributed by atoms with Gasteiger partial charge in [-0.1, -0.05) is 6.92 Å². The molecule has 0 spiro atoms. The molecule has 0 radical (unpaired) electrons. The fourth-order valence-electron chi connectivity index (χ4n) is 2.36. The molecule has 1 saturated heterocycles. The SMILES string of the molecule is CCC(C)N1CCN(C(C)C)C[C@@H]1C. The van der Waals surface area contributed by atoms with Crippen LogP contribution in [0.1, 0.15) is 41.0 Å². The molecular formula is C12H26N2. The van der Waals surface area contributed by atoms with Crippen LogP contribution in [0, 0.1) is 0 Å². The monoisotopic (exact) mass is 198 g/mol. The van der Waals surface area contributed by atoms with E-state index in [-0.39, 0.29) is 0 Å². The topological polar surface area (TPSA) is 6.48 Å². The molecule has 1 heterocycles. The highest BCUT2D eigenvalue weighted by molar-refractivity contribution is 4.83. The number of hydrogen-bond acceptors (Lipinski definition) is 2. The van der Waals surface area contributed by atoms with E-state index in [1.165, 1.54) is 26.1 Å². The van der Waals surface area contributed by atoms with Crippen LogP contribution >= 0.6 is 0 Å². The Morgan fingerprint density at radius 2 is 1.86 bits per heavy atom. The van der Waals surface area contributed by atoms with Crippen molar-refractivity contribution in [1.82, 2.24) is 9.80 Å². The number of piperazine rings is 1. The summed E-state index contributed by atoms with van der Waals surface area (Å²) < 4.78 is 0. The van der Waals surface area contributed by atoms with Crippen molar-refractivity contribution in [2.24, 2.45) is 0 Å². The molecule has 84 valence electrons. The molecule has 0 aromatic rings. The van der Waals surface area contributed by atoms with Gasteiger partial charge in [0.15, 0.2) is 0 Å². The second kappa shape index (κ2) is 5.13. The van der Waals surface area contributed by atoms with Gasteiger partial charge in [-0.15, -0.1) is 0 Å². The number of hydrogen-bond donors (Lipinski definition) is 0. The van der Waals surface area contributed by atoms with Crippen molar-refractivity contribution in [3.8, 4) is 0 Å². The molecule has 0 aliphatic carbocycles. The van der Waals surface area contributed by atoms with Gasteiger partial charge in [0.25, 0.3) is 0 Å². The van der Waals surface area contributed by atoms with Crippen molar-refractivity contribution in [3.05, 3.63) is 0 Å². The van der Waals surface area contributed by atoms with E-state index in [9.17, 15) is 0 Å². The summed E-state index contributed by atoms with van der Waals surface area (Å²) in [6, 6.07) is 2.18. The van der Waals surface area contributed by atoms with E-state index in [1.54, 1.807) is 0 Å². The average Bonchev–Trinajstić information content (AvgIpc) is 2.16. The van der Waals surface area contributed by atoms with E-state index in [2.05, 4.69) is 44.4 Å². The molecule has 2 nitrogen and oxygen atoms in total. The molecule has 0 aromatic carbocycles. The molecular weight excluding hydrogens is 172 g/mol. The second-order valence-electron chi connectivity index (χ2n) is 4.93. The zero-order valence-electron chi connectivity index (χ0n) is 10.5. The molecule has 1 aliphatic rings. The van der Waals surface area contributed by atoms with Crippen molar-refractivity contribution in [2.75, 3.05) is 19.6 Å². The van der Waals surface area contributed by atoms with Crippen LogP contribution in [-0.4, -0.2) is 47.6 Å². The third-order valence-electron chi connectivity index (χ3n) is 3.60. The number of nitrogens with zero attached hydrogens (tertiary/aromatic N) is 2. The molecule has 1 rings (SSSR count). The van der Waals surface area contributed by atoms with Crippen LogP contribution in [0.25, 0.3) is 0 Å². The van der Waals surface area contributed by atoms with Gasteiger partial charge in [0.05, 0.1) is 0 Å². The summed E-state index contributed by atoms with van der Waals surface area (Å²) in [5, 5.41) is 0. The van der Waals surface area contributed by atoms with Gasteiger partial charge in [0, 0.05) is 37.8 Å². The van der Waals surface area contributed by atoms with Crippen LogP contribution in [0.5, 0.6) is 0 Å². The van der Waals surface area contributed by atoms with Crippen LogP contribution < -0.4 is 0 Å². The lowest BCUT2D eigenvalue weighted by molar-refractivity contribution is 0.0387. The first-order valence-corrected chi connectivity index (χ1v) is 6.06. The van der Waals surface area contributed by atoms with Crippen molar-refractivity contribution in [3.63, 3.8) is 0 Å². The van der Waals surface area contributed by atoms with E-state index in [1.807, 2.05) is 0 Å². The summed E-state index contributed by atoms with van der Waals surface area (Å²) in [6.45, 7) is 15.3. The highest BCUT2D eigenvalue weighted by Crippen LogP contribution is 2.16. The predicted octanol–water partition coefficient (Wildman–Crippen LogP) is 2.20. The van der Waals surface area contributed by atoms with E-state index in [0.29, 0.717) is 6.04 Å². The zero-order chi connectivity index (χ0) is 10.7. The lowest BCUT2D eigenvalue weighted by Crippen LogP contribution is -2.56. The molecule has 0 saturated carbocycles. The van der Waals surface area contributed by atoms with Crippen LogP contribution in [0.4, 0.5) is 0 Å². The summed E-state index contributed by atoms with van der Waals surface area (Å²) in [5.74, 6) is 0. The first kappa shape index (κ1) is 12.0. The average molecular weight is 198 g/mol. The predicted molar refractivity (Wildman–Crippen MR) is 62.6 cm³/mol. The normalized spacial score (nSPS) is 28.3. The molecule has 0 aromatic heterocycles.